The van der Waals surface area contributed by atoms with Crippen LogP contribution in [0.3, 0.4) is 0 Å². The fourth-order valence-electron chi connectivity index (χ4n) is 3.92. The molecule has 2 aromatic carbocycles. The van der Waals surface area contributed by atoms with Crippen LogP contribution in [0.1, 0.15) is 40.0 Å². The maximum absolute atomic E-state index is 13.0. The van der Waals surface area contributed by atoms with Gasteiger partial charge in [0.15, 0.2) is 11.5 Å². The minimum Gasteiger partial charge on any atom is -0.493 e. The number of nitrogens with one attached hydrogen (secondary N) is 1. The molecule has 1 aliphatic carbocycles. The first-order valence-electron chi connectivity index (χ1n) is 11.2. The van der Waals surface area contributed by atoms with Crippen molar-refractivity contribution < 1.29 is 14.3 Å². The summed E-state index contributed by atoms with van der Waals surface area (Å²) in [5.41, 5.74) is 2.95. The average Bonchev–Trinajstić information content (AvgIpc) is 3.24. The number of fused-ring (bicyclic) bond motifs is 1. The summed E-state index contributed by atoms with van der Waals surface area (Å²) in [6, 6.07) is 14.9. The average molecular weight is 583 g/mol. The van der Waals surface area contributed by atoms with E-state index in [0.717, 1.165) is 41.7 Å². The molecule has 1 N–H and O–H groups in total. The van der Waals surface area contributed by atoms with Crippen molar-refractivity contribution in [1.82, 2.24) is 0 Å². The summed E-state index contributed by atoms with van der Waals surface area (Å²) in [6.45, 7) is 0.313. The summed E-state index contributed by atoms with van der Waals surface area (Å²) >= 11 is 10.9. The number of hydrogen-bond donors (Lipinski definition) is 1. The van der Waals surface area contributed by atoms with Crippen LogP contribution in [-0.4, -0.2) is 13.0 Å². The van der Waals surface area contributed by atoms with E-state index in [1.807, 2.05) is 18.2 Å². The molecule has 1 heterocycles. The Morgan fingerprint density at radius 1 is 1.19 bits per heavy atom. The Morgan fingerprint density at radius 3 is 2.64 bits per heavy atom. The van der Waals surface area contributed by atoms with Crippen LogP contribution in [0.2, 0.25) is 5.02 Å². The van der Waals surface area contributed by atoms with E-state index in [9.17, 15) is 15.3 Å². The van der Waals surface area contributed by atoms with Gasteiger partial charge in [-0.05, 0) is 72.7 Å². The second-order valence-electron chi connectivity index (χ2n) is 8.09. The van der Waals surface area contributed by atoms with Crippen LogP contribution in [0, 0.1) is 22.7 Å². The highest BCUT2D eigenvalue weighted by molar-refractivity contribution is 9.10. The predicted molar refractivity (Wildman–Crippen MR) is 144 cm³/mol. The number of nitrogens with zero attached hydrogens (tertiary/aromatic N) is 2. The van der Waals surface area contributed by atoms with Gasteiger partial charge in [-0.25, -0.2) is 0 Å². The number of aryl methyl sites for hydroxylation is 1. The van der Waals surface area contributed by atoms with E-state index in [-0.39, 0.29) is 5.57 Å². The topological polar surface area (TPSA) is 95.1 Å². The molecule has 9 heteroatoms. The van der Waals surface area contributed by atoms with Crippen LogP contribution < -0.4 is 14.8 Å². The lowest BCUT2D eigenvalue weighted by atomic mass is 9.96. The first-order valence-corrected chi connectivity index (χ1v) is 13.1. The van der Waals surface area contributed by atoms with Gasteiger partial charge in [0.25, 0.3) is 5.91 Å². The molecule has 1 amide bonds. The smallest absolute Gasteiger partial charge is 0.266 e. The van der Waals surface area contributed by atoms with E-state index >= 15 is 0 Å². The van der Waals surface area contributed by atoms with Crippen LogP contribution in [-0.2, 0) is 24.2 Å². The van der Waals surface area contributed by atoms with E-state index in [1.165, 1.54) is 24.5 Å². The summed E-state index contributed by atoms with van der Waals surface area (Å²) in [5, 5.41) is 23.3. The number of ether oxygens (including phenoxy) is 2. The molecular formula is C27H21BrClN3O3S. The summed E-state index contributed by atoms with van der Waals surface area (Å²) in [4.78, 5) is 14.1. The molecular weight excluding hydrogens is 562 g/mol. The van der Waals surface area contributed by atoms with Crippen molar-refractivity contribution in [1.29, 1.82) is 10.5 Å². The van der Waals surface area contributed by atoms with Gasteiger partial charge in [0.1, 0.15) is 29.3 Å². The second-order valence-corrected chi connectivity index (χ2v) is 10.5. The van der Waals surface area contributed by atoms with Crippen molar-refractivity contribution in [3.63, 3.8) is 0 Å². The monoisotopic (exact) mass is 581 g/mol. The zero-order valence-electron chi connectivity index (χ0n) is 19.4. The van der Waals surface area contributed by atoms with E-state index in [1.54, 1.807) is 24.3 Å². The summed E-state index contributed by atoms with van der Waals surface area (Å²) in [6.07, 6.45) is 5.33. The van der Waals surface area contributed by atoms with Crippen molar-refractivity contribution in [3.8, 4) is 23.6 Å². The number of carbonyl (C=O) groups excluding carboxylic acids is 1. The zero-order chi connectivity index (χ0) is 25.7. The molecule has 182 valence electrons. The highest BCUT2D eigenvalue weighted by Crippen LogP contribution is 2.38. The fraction of sp³-hybridized carbons (Fsp3) is 0.222. The van der Waals surface area contributed by atoms with E-state index in [4.69, 9.17) is 21.1 Å². The van der Waals surface area contributed by atoms with E-state index in [2.05, 4.69) is 27.3 Å². The number of rotatable bonds is 7. The molecule has 1 aliphatic rings. The second kappa shape index (κ2) is 11.6. The Hall–Kier alpha value is -3.30. The lowest BCUT2D eigenvalue weighted by Crippen LogP contribution is -2.13. The van der Waals surface area contributed by atoms with Crippen LogP contribution >= 0.6 is 38.9 Å². The first-order chi connectivity index (χ1) is 17.4. The van der Waals surface area contributed by atoms with Gasteiger partial charge >= 0.3 is 0 Å². The third-order valence-corrected chi connectivity index (χ3v) is 7.91. The van der Waals surface area contributed by atoms with Gasteiger partial charge in [0.05, 0.1) is 12.7 Å². The summed E-state index contributed by atoms with van der Waals surface area (Å²) in [5.74, 6) is 0.387. The number of thiophene rings is 1. The Balaban J connectivity index is 1.55. The van der Waals surface area contributed by atoms with E-state index < -0.39 is 5.91 Å². The number of anilines is 1. The number of hydrogen-bond acceptors (Lipinski definition) is 6. The minimum atomic E-state index is -0.568. The molecule has 0 saturated carbocycles. The van der Waals surface area contributed by atoms with Gasteiger partial charge in [0.2, 0.25) is 0 Å². The Kier molecular flexibility index (Phi) is 8.32. The van der Waals surface area contributed by atoms with Gasteiger partial charge in [-0.1, -0.05) is 39.7 Å². The molecule has 0 aliphatic heterocycles. The Bertz CT molecular complexity index is 1420. The van der Waals surface area contributed by atoms with Crippen LogP contribution in [0.4, 0.5) is 5.00 Å². The normalized spacial score (nSPS) is 12.8. The molecule has 0 unspecified atom stereocenters. The maximum atomic E-state index is 13.0. The van der Waals surface area contributed by atoms with Gasteiger partial charge < -0.3 is 14.8 Å². The maximum Gasteiger partial charge on any atom is 0.266 e. The predicted octanol–water partition coefficient (Wildman–Crippen LogP) is 7.05. The Morgan fingerprint density at radius 2 is 1.94 bits per heavy atom. The number of nitriles is 2. The molecule has 1 aromatic heterocycles. The van der Waals surface area contributed by atoms with Crippen molar-refractivity contribution in [2.24, 2.45) is 0 Å². The molecule has 6 nitrogen and oxygen atoms in total. The van der Waals surface area contributed by atoms with Crippen molar-refractivity contribution in [3.05, 3.63) is 78.6 Å². The van der Waals surface area contributed by atoms with Gasteiger partial charge in [-0.2, -0.15) is 10.5 Å². The Labute approximate surface area is 226 Å². The number of halogens is 2. The molecule has 0 fully saturated rings. The van der Waals surface area contributed by atoms with Crippen molar-refractivity contribution in [2.45, 2.75) is 32.3 Å². The van der Waals surface area contributed by atoms with Crippen LogP contribution in [0.15, 0.2) is 46.4 Å². The highest BCUT2D eigenvalue weighted by atomic mass is 79.9. The zero-order valence-corrected chi connectivity index (χ0v) is 22.5. The number of carbonyl (C=O) groups is 1. The summed E-state index contributed by atoms with van der Waals surface area (Å²) in [7, 11) is 1.52. The molecule has 0 bridgehead atoms. The van der Waals surface area contributed by atoms with Crippen LogP contribution in [0.25, 0.3) is 6.08 Å². The fourth-order valence-corrected chi connectivity index (χ4v) is 5.72. The molecule has 3 aromatic rings. The molecule has 0 spiro atoms. The molecule has 0 atom stereocenters. The summed E-state index contributed by atoms with van der Waals surface area (Å²) < 4.78 is 12.0. The van der Waals surface area contributed by atoms with Crippen LogP contribution in [0.5, 0.6) is 11.5 Å². The minimum absolute atomic E-state index is 0.0946. The quantitative estimate of drug-likeness (QED) is 0.238. The van der Waals surface area contributed by atoms with Gasteiger partial charge in [-0.15, -0.1) is 11.3 Å². The first kappa shape index (κ1) is 25.8. The molecule has 4 rings (SSSR count). The molecule has 36 heavy (non-hydrogen) atoms. The molecule has 0 saturated heterocycles. The number of methoxy groups -OCH3 is 1. The third-order valence-electron chi connectivity index (χ3n) is 5.77. The SMILES string of the molecule is COc1cc(/C=C(\C#N)C(=O)Nc2sc3c(c2C#N)CCCC3)c(Br)cc1OCc1ccc(Cl)cc1. The van der Waals surface area contributed by atoms with E-state index in [0.29, 0.717) is 43.7 Å². The third kappa shape index (κ3) is 5.74. The largest absolute Gasteiger partial charge is 0.493 e. The van der Waals surface area contributed by atoms with Gasteiger partial charge in [-0.3, -0.25) is 4.79 Å². The number of amides is 1. The highest BCUT2D eigenvalue weighted by Gasteiger charge is 2.23. The van der Waals surface area contributed by atoms with Gasteiger partial charge in [0, 0.05) is 14.4 Å². The standard InChI is InChI=1S/C27H21BrClN3O3S/c1-34-23-11-17(22(28)12-24(23)35-15-16-6-8-19(29)9-7-16)10-18(13-30)26(33)32-27-21(14-31)20-4-2-3-5-25(20)36-27/h6-12H,2-5,15H2,1H3,(H,32,33)/b18-10+. The molecule has 0 radical (unpaired) electrons. The van der Waals surface area contributed by atoms with Crippen molar-refractivity contribution >= 4 is 55.9 Å². The lowest BCUT2D eigenvalue weighted by molar-refractivity contribution is -0.112. The van der Waals surface area contributed by atoms with Crippen molar-refractivity contribution in [2.75, 3.05) is 12.4 Å². The lowest BCUT2D eigenvalue weighted by Gasteiger charge is -2.13. The number of benzene rings is 2.